The van der Waals surface area contributed by atoms with Crippen molar-refractivity contribution in [3.05, 3.63) is 52.8 Å². The van der Waals surface area contributed by atoms with E-state index in [2.05, 4.69) is 5.10 Å². The number of nitrogens with zero attached hydrogens (tertiary/aromatic N) is 4. The lowest BCUT2D eigenvalue weighted by Crippen LogP contribution is -2.39. The number of benzene rings is 1. The zero-order valence-corrected chi connectivity index (χ0v) is 19.6. The van der Waals surface area contributed by atoms with Crippen molar-refractivity contribution < 1.29 is 27.5 Å². The van der Waals surface area contributed by atoms with Crippen molar-refractivity contribution in [2.24, 2.45) is 0 Å². The fourth-order valence-corrected chi connectivity index (χ4v) is 5.55. The summed E-state index contributed by atoms with van der Waals surface area (Å²) in [6, 6.07) is 5.00. The van der Waals surface area contributed by atoms with E-state index in [1.807, 2.05) is 4.68 Å². The van der Waals surface area contributed by atoms with Crippen LogP contribution in [0.1, 0.15) is 83.7 Å². The third-order valence-electron chi connectivity index (χ3n) is 7.41. The van der Waals surface area contributed by atoms with Gasteiger partial charge in [0.1, 0.15) is 0 Å². The van der Waals surface area contributed by atoms with Gasteiger partial charge in [0.2, 0.25) is 0 Å². The number of ether oxygens (including phenoxy) is 1. The molecule has 0 radical (unpaired) electrons. The Labute approximate surface area is 201 Å². The Kier molecular flexibility index (Phi) is 6.23. The second kappa shape index (κ2) is 9.20. The van der Waals surface area contributed by atoms with E-state index in [1.54, 1.807) is 22.1 Å². The molecule has 188 valence electrons. The highest BCUT2D eigenvalue weighted by Gasteiger charge is 2.42. The van der Waals surface area contributed by atoms with Crippen molar-refractivity contribution in [1.29, 1.82) is 0 Å². The highest BCUT2D eigenvalue weighted by atomic mass is 19.4. The highest BCUT2D eigenvalue weighted by Crippen LogP contribution is 2.45. The number of piperidine rings is 1. The molecule has 1 aliphatic carbocycles. The Morgan fingerprint density at radius 2 is 1.74 bits per heavy atom. The molecule has 5 rings (SSSR count). The molecule has 3 fully saturated rings. The molecular formula is C25H29F3N4O3. The maximum absolute atomic E-state index is 13.7. The summed E-state index contributed by atoms with van der Waals surface area (Å²) in [5.74, 6) is -0.0109. The normalized spacial score (nSPS) is 21.4. The van der Waals surface area contributed by atoms with Crippen molar-refractivity contribution in [2.75, 3.05) is 26.7 Å². The summed E-state index contributed by atoms with van der Waals surface area (Å²) in [6.45, 7) is 1.52. The van der Waals surface area contributed by atoms with Crippen LogP contribution in [0.4, 0.5) is 18.0 Å². The molecule has 7 nitrogen and oxygen atoms in total. The average Bonchev–Trinajstić information content (AvgIpc) is 3.40. The first-order chi connectivity index (χ1) is 16.8. The van der Waals surface area contributed by atoms with Gasteiger partial charge in [-0.15, -0.1) is 0 Å². The molecule has 2 aliphatic heterocycles. The third kappa shape index (κ3) is 4.50. The van der Waals surface area contributed by atoms with E-state index in [4.69, 9.17) is 4.74 Å². The van der Waals surface area contributed by atoms with Crippen molar-refractivity contribution in [2.45, 2.75) is 62.7 Å². The summed E-state index contributed by atoms with van der Waals surface area (Å²) >= 11 is 0. The maximum Gasteiger partial charge on any atom is 0.416 e. The van der Waals surface area contributed by atoms with Crippen molar-refractivity contribution in [1.82, 2.24) is 19.6 Å². The molecule has 2 saturated heterocycles. The minimum absolute atomic E-state index is 0.0633. The lowest BCUT2D eigenvalue weighted by atomic mass is 9.97. The van der Waals surface area contributed by atoms with Gasteiger partial charge >= 0.3 is 12.3 Å². The summed E-state index contributed by atoms with van der Waals surface area (Å²) in [5, 5.41) is 4.59. The van der Waals surface area contributed by atoms with Crippen LogP contribution in [0, 0.1) is 0 Å². The monoisotopic (exact) mass is 490 g/mol. The van der Waals surface area contributed by atoms with Crippen molar-refractivity contribution >= 4 is 12.0 Å². The first-order valence-corrected chi connectivity index (χ1v) is 12.2. The summed E-state index contributed by atoms with van der Waals surface area (Å²) in [4.78, 5) is 28.8. The third-order valence-corrected chi connectivity index (χ3v) is 7.41. The van der Waals surface area contributed by atoms with Crippen LogP contribution >= 0.6 is 0 Å². The summed E-state index contributed by atoms with van der Waals surface area (Å²) in [7, 11) is 1.36. The van der Waals surface area contributed by atoms with Gasteiger partial charge in [-0.25, -0.2) is 4.79 Å². The SMILES string of the molecule is COC(=O)N1CCC(n2ncc(C(=O)N3CCCC3c3ccccc3C(F)(F)F)c2C2CC2)CC1. The lowest BCUT2D eigenvalue weighted by Gasteiger charge is -2.32. The fourth-order valence-electron chi connectivity index (χ4n) is 5.55. The van der Waals surface area contributed by atoms with Crippen LogP contribution in [-0.4, -0.2) is 58.3 Å². The van der Waals surface area contributed by atoms with Crippen LogP contribution in [0.25, 0.3) is 0 Å². The number of hydrogen-bond donors (Lipinski definition) is 0. The molecule has 2 amide bonds. The molecule has 2 aromatic rings. The maximum atomic E-state index is 13.7. The van der Waals surface area contributed by atoms with Crippen LogP contribution < -0.4 is 0 Å². The Balaban J connectivity index is 1.41. The summed E-state index contributed by atoms with van der Waals surface area (Å²) in [6.07, 6.45) is 1.26. The quantitative estimate of drug-likeness (QED) is 0.594. The first-order valence-electron chi connectivity index (χ1n) is 12.2. The van der Waals surface area contributed by atoms with Crippen LogP contribution in [0.2, 0.25) is 0 Å². The van der Waals surface area contributed by atoms with Crippen molar-refractivity contribution in [3.8, 4) is 0 Å². The summed E-state index contributed by atoms with van der Waals surface area (Å²) < 4.78 is 47.8. The molecular weight excluding hydrogens is 461 g/mol. The van der Waals surface area contributed by atoms with Crippen LogP contribution in [0.15, 0.2) is 30.5 Å². The largest absolute Gasteiger partial charge is 0.453 e. The molecule has 3 aliphatic rings. The Morgan fingerprint density at radius 3 is 2.40 bits per heavy atom. The van der Waals surface area contributed by atoms with Gasteiger partial charge in [-0.2, -0.15) is 18.3 Å². The van der Waals surface area contributed by atoms with Gasteiger partial charge in [0.05, 0.1) is 42.2 Å². The topological polar surface area (TPSA) is 67.7 Å². The number of alkyl halides is 3. The molecule has 0 spiro atoms. The van der Waals surface area contributed by atoms with E-state index in [0.717, 1.165) is 24.6 Å². The van der Waals surface area contributed by atoms with Gasteiger partial charge in [-0.05, 0) is 50.2 Å². The average molecular weight is 491 g/mol. The van der Waals surface area contributed by atoms with Crippen LogP contribution in [-0.2, 0) is 10.9 Å². The van der Waals surface area contributed by atoms with Gasteiger partial charge in [-0.3, -0.25) is 9.48 Å². The van der Waals surface area contributed by atoms with Crippen LogP contribution in [0.5, 0.6) is 0 Å². The molecule has 1 aromatic heterocycles. The van der Waals surface area contributed by atoms with Crippen LogP contribution in [0.3, 0.4) is 0 Å². The predicted molar refractivity (Wildman–Crippen MR) is 121 cm³/mol. The number of carbonyl (C=O) groups is 2. The smallest absolute Gasteiger partial charge is 0.416 e. The zero-order chi connectivity index (χ0) is 24.7. The standard InChI is InChI=1S/C25H29F3N4O3/c1-35-24(34)30-13-10-17(11-14-30)32-22(16-8-9-16)19(15-29-32)23(33)31-12-4-7-21(31)18-5-2-3-6-20(18)25(26,27)28/h2-3,5-6,15-17,21H,4,7-14H2,1H3. The Hall–Kier alpha value is -3.04. The highest BCUT2D eigenvalue weighted by molar-refractivity contribution is 5.96. The molecule has 3 heterocycles. The number of hydrogen-bond acceptors (Lipinski definition) is 4. The second-order valence-corrected chi connectivity index (χ2v) is 9.59. The molecule has 10 heteroatoms. The molecule has 1 aromatic carbocycles. The molecule has 1 unspecified atom stereocenters. The number of rotatable bonds is 4. The van der Waals surface area contributed by atoms with E-state index in [-0.39, 0.29) is 29.5 Å². The second-order valence-electron chi connectivity index (χ2n) is 9.59. The van der Waals surface area contributed by atoms with E-state index in [9.17, 15) is 22.8 Å². The van der Waals surface area contributed by atoms with Gasteiger partial charge in [0.15, 0.2) is 0 Å². The van der Waals surface area contributed by atoms with Gasteiger partial charge in [0.25, 0.3) is 5.91 Å². The number of halogens is 3. The molecule has 35 heavy (non-hydrogen) atoms. The minimum atomic E-state index is -4.48. The van der Waals surface area contributed by atoms with E-state index < -0.39 is 17.8 Å². The van der Waals surface area contributed by atoms with E-state index in [1.165, 1.54) is 19.2 Å². The first kappa shape index (κ1) is 23.7. The van der Waals surface area contributed by atoms with Gasteiger partial charge in [0, 0.05) is 25.6 Å². The summed E-state index contributed by atoms with van der Waals surface area (Å²) in [5.41, 5.74) is 0.863. The number of aromatic nitrogens is 2. The van der Waals surface area contributed by atoms with Gasteiger partial charge < -0.3 is 14.5 Å². The fraction of sp³-hybridized carbons (Fsp3) is 0.560. The number of likely N-dealkylation sites (tertiary alicyclic amines) is 2. The minimum Gasteiger partial charge on any atom is -0.453 e. The molecule has 0 N–H and O–H groups in total. The zero-order valence-electron chi connectivity index (χ0n) is 19.6. The van der Waals surface area contributed by atoms with Crippen molar-refractivity contribution in [3.63, 3.8) is 0 Å². The molecule has 0 bridgehead atoms. The molecule has 1 saturated carbocycles. The number of amides is 2. The molecule has 1 atom stereocenters. The Morgan fingerprint density at radius 1 is 1.03 bits per heavy atom. The van der Waals surface area contributed by atoms with E-state index in [0.29, 0.717) is 50.9 Å². The predicted octanol–water partition coefficient (Wildman–Crippen LogP) is 5.16. The lowest BCUT2D eigenvalue weighted by molar-refractivity contribution is -0.138. The number of methoxy groups -OCH3 is 1. The Bertz CT molecular complexity index is 1100. The van der Waals surface area contributed by atoms with E-state index >= 15 is 0 Å². The van der Waals surface area contributed by atoms with Gasteiger partial charge in [-0.1, -0.05) is 18.2 Å². The number of carbonyl (C=O) groups excluding carboxylic acids is 2.